The Hall–Kier alpha value is -1.40. The van der Waals surface area contributed by atoms with Crippen molar-refractivity contribution in [2.75, 3.05) is 19.6 Å². The van der Waals surface area contributed by atoms with Crippen LogP contribution in [0.3, 0.4) is 0 Å². The minimum Gasteiger partial charge on any atom is -0.356 e. The van der Waals surface area contributed by atoms with Gasteiger partial charge in [-0.05, 0) is 68.6 Å². The second-order valence-electron chi connectivity index (χ2n) is 9.36. The van der Waals surface area contributed by atoms with Crippen molar-refractivity contribution in [2.45, 2.75) is 88.9 Å². The standard InChI is InChI=1S/C25H40N2O3S/c1-2-3-8-21-9-13-23(14-10-21)25(28)26-18-17-22-11-15-24(16-12-22)31(29,30)27-19-6-4-5-7-20-27/h11-12,15-16,21,23H,2-10,13-14,17-20H2,1H3,(H,26,28). The van der Waals surface area contributed by atoms with Crippen molar-refractivity contribution in [3.8, 4) is 0 Å². The number of amides is 1. The number of carbonyl (C=O) groups is 1. The molecule has 5 nitrogen and oxygen atoms in total. The van der Waals surface area contributed by atoms with Gasteiger partial charge in [-0.15, -0.1) is 0 Å². The molecular weight excluding hydrogens is 408 g/mol. The minimum absolute atomic E-state index is 0.166. The molecular formula is C25H40N2O3S. The highest BCUT2D eigenvalue weighted by Gasteiger charge is 2.26. The van der Waals surface area contributed by atoms with E-state index in [1.807, 2.05) is 12.1 Å². The second-order valence-corrected chi connectivity index (χ2v) is 11.3. The van der Waals surface area contributed by atoms with Crippen LogP contribution in [-0.2, 0) is 21.2 Å². The van der Waals surface area contributed by atoms with E-state index in [9.17, 15) is 13.2 Å². The van der Waals surface area contributed by atoms with Gasteiger partial charge in [0.2, 0.25) is 15.9 Å². The largest absolute Gasteiger partial charge is 0.356 e. The van der Waals surface area contributed by atoms with E-state index in [1.165, 1.54) is 32.1 Å². The molecule has 1 heterocycles. The predicted octanol–water partition coefficient (Wildman–Crippen LogP) is 4.91. The maximum atomic E-state index is 12.9. The normalized spacial score (nSPS) is 23.3. The summed E-state index contributed by atoms with van der Waals surface area (Å²) >= 11 is 0. The van der Waals surface area contributed by atoms with Gasteiger partial charge in [0, 0.05) is 25.6 Å². The molecule has 1 saturated carbocycles. The molecule has 0 unspecified atom stereocenters. The molecule has 2 fully saturated rings. The monoisotopic (exact) mass is 448 g/mol. The Morgan fingerprint density at radius 2 is 1.65 bits per heavy atom. The summed E-state index contributed by atoms with van der Waals surface area (Å²) in [5.41, 5.74) is 1.05. The van der Waals surface area contributed by atoms with Gasteiger partial charge in [-0.2, -0.15) is 4.31 Å². The van der Waals surface area contributed by atoms with E-state index in [1.54, 1.807) is 16.4 Å². The molecule has 0 bridgehead atoms. The molecule has 0 aromatic heterocycles. The van der Waals surface area contributed by atoms with Crippen LogP contribution in [0.4, 0.5) is 0 Å². The quantitative estimate of drug-likeness (QED) is 0.584. The number of carbonyl (C=O) groups excluding carboxylic acids is 1. The highest BCUT2D eigenvalue weighted by atomic mass is 32.2. The first-order valence-electron chi connectivity index (χ1n) is 12.4. The van der Waals surface area contributed by atoms with Crippen molar-refractivity contribution >= 4 is 15.9 Å². The number of nitrogens with zero attached hydrogens (tertiary/aromatic N) is 1. The molecule has 174 valence electrons. The number of rotatable bonds is 9. The van der Waals surface area contributed by atoms with Crippen LogP contribution in [0.25, 0.3) is 0 Å². The summed E-state index contributed by atoms with van der Waals surface area (Å²) in [6.45, 7) is 4.08. The van der Waals surface area contributed by atoms with Crippen LogP contribution in [0.1, 0.15) is 83.1 Å². The molecule has 2 aliphatic rings. The summed E-state index contributed by atoms with van der Waals surface area (Å²) in [6.07, 6.45) is 13.1. The van der Waals surface area contributed by atoms with Gasteiger partial charge in [0.1, 0.15) is 0 Å². The number of hydrogen-bond donors (Lipinski definition) is 1. The SMILES string of the molecule is CCCCC1CCC(C(=O)NCCc2ccc(S(=O)(=O)N3CCCCCC3)cc2)CC1. The fourth-order valence-corrected chi connectivity index (χ4v) is 6.46. The Morgan fingerprint density at radius 3 is 2.26 bits per heavy atom. The van der Waals surface area contributed by atoms with Crippen LogP contribution < -0.4 is 5.32 Å². The van der Waals surface area contributed by atoms with E-state index in [4.69, 9.17) is 0 Å². The zero-order chi connectivity index (χ0) is 22.1. The Balaban J connectivity index is 1.43. The van der Waals surface area contributed by atoms with Crippen molar-refractivity contribution in [1.82, 2.24) is 9.62 Å². The number of unbranched alkanes of at least 4 members (excludes halogenated alkanes) is 1. The Labute approximate surface area is 189 Å². The Morgan fingerprint density at radius 1 is 1.00 bits per heavy atom. The smallest absolute Gasteiger partial charge is 0.243 e. The van der Waals surface area contributed by atoms with Crippen LogP contribution in [0, 0.1) is 11.8 Å². The van der Waals surface area contributed by atoms with Crippen molar-refractivity contribution in [3.05, 3.63) is 29.8 Å². The molecule has 1 aliphatic carbocycles. The fraction of sp³-hybridized carbons (Fsp3) is 0.720. The number of sulfonamides is 1. The van der Waals surface area contributed by atoms with Gasteiger partial charge in [0.25, 0.3) is 0 Å². The molecule has 1 aromatic carbocycles. The topological polar surface area (TPSA) is 66.5 Å². The third kappa shape index (κ3) is 7.04. The van der Waals surface area contributed by atoms with Gasteiger partial charge in [-0.3, -0.25) is 4.79 Å². The summed E-state index contributed by atoms with van der Waals surface area (Å²) < 4.78 is 27.4. The number of nitrogens with one attached hydrogen (secondary N) is 1. The van der Waals surface area contributed by atoms with Crippen LogP contribution in [-0.4, -0.2) is 38.3 Å². The van der Waals surface area contributed by atoms with Gasteiger partial charge in [0.05, 0.1) is 4.90 Å². The van der Waals surface area contributed by atoms with Gasteiger partial charge in [-0.1, -0.05) is 51.2 Å². The van der Waals surface area contributed by atoms with E-state index in [2.05, 4.69) is 12.2 Å². The molecule has 1 amide bonds. The highest BCUT2D eigenvalue weighted by Crippen LogP contribution is 2.32. The van der Waals surface area contributed by atoms with Crippen LogP contribution in [0.5, 0.6) is 0 Å². The maximum Gasteiger partial charge on any atom is 0.243 e. The van der Waals surface area contributed by atoms with E-state index in [-0.39, 0.29) is 11.8 Å². The lowest BCUT2D eigenvalue weighted by atomic mass is 9.79. The number of hydrogen-bond acceptors (Lipinski definition) is 3. The van der Waals surface area contributed by atoms with Crippen molar-refractivity contribution in [3.63, 3.8) is 0 Å². The van der Waals surface area contributed by atoms with Gasteiger partial charge < -0.3 is 5.32 Å². The van der Waals surface area contributed by atoms with E-state index in [0.29, 0.717) is 24.5 Å². The molecule has 3 rings (SSSR count). The molecule has 1 aromatic rings. The zero-order valence-electron chi connectivity index (χ0n) is 19.2. The second kappa shape index (κ2) is 12.0. The zero-order valence-corrected chi connectivity index (χ0v) is 20.0. The van der Waals surface area contributed by atoms with Crippen LogP contribution in [0.15, 0.2) is 29.2 Å². The summed E-state index contributed by atoms with van der Waals surface area (Å²) in [6, 6.07) is 7.20. The lowest BCUT2D eigenvalue weighted by molar-refractivity contribution is -0.126. The lowest BCUT2D eigenvalue weighted by Gasteiger charge is -2.27. The lowest BCUT2D eigenvalue weighted by Crippen LogP contribution is -2.34. The minimum atomic E-state index is -3.40. The van der Waals surface area contributed by atoms with E-state index >= 15 is 0 Å². The molecule has 0 atom stereocenters. The molecule has 0 radical (unpaired) electrons. The molecule has 1 N–H and O–H groups in total. The summed E-state index contributed by atoms with van der Waals surface area (Å²) in [5, 5.41) is 3.10. The molecule has 0 spiro atoms. The van der Waals surface area contributed by atoms with Gasteiger partial charge in [-0.25, -0.2) is 8.42 Å². The molecule has 6 heteroatoms. The van der Waals surface area contributed by atoms with Crippen LogP contribution >= 0.6 is 0 Å². The van der Waals surface area contributed by atoms with Crippen molar-refractivity contribution in [1.29, 1.82) is 0 Å². The van der Waals surface area contributed by atoms with Crippen molar-refractivity contribution in [2.24, 2.45) is 11.8 Å². The first-order valence-corrected chi connectivity index (χ1v) is 13.8. The molecule has 1 saturated heterocycles. The van der Waals surface area contributed by atoms with Crippen LogP contribution in [0.2, 0.25) is 0 Å². The fourth-order valence-electron chi connectivity index (χ4n) is 4.94. The summed E-state index contributed by atoms with van der Waals surface area (Å²) in [4.78, 5) is 12.9. The highest BCUT2D eigenvalue weighted by molar-refractivity contribution is 7.89. The third-order valence-corrected chi connectivity index (χ3v) is 8.94. The van der Waals surface area contributed by atoms with Gasteiger partial charge in [0.15, 0.2) is 0 Å². The first-order chi connectivity index (χ1) is 15.0. The summed E-state index contributed by atoms with van der Waals surface area (Å²) in [7, 11) is -3.40. The van der Waals surface area contributed by atoms with Crippen molar-refractivity contribution < 1.29 is 13.2 Å². The van der Waals surface area contributed by atoms with Gasteiger partial charge >= 0.3 is 0 Å². The Bertz CT molecular complexity index is 775. The first kappa shape index (κ1) is 24.2. The molecule has 1 aliphatic heterocycles. The third-order valence-electron chi connectivity index (χ3n) is 7.02. The average Bonchev–Trinajstić information content (AvgIpc) is 3.08. The Kier molecular flexibility index (Phi) is 9.39. The maximum absolute atomic E-state index is 12.9. The predicted molar refractivity (Wildman–Crippen MR) is 125 cm³/mol. The van der Waals surface area contributed by atoms with E-state index < -0.39 is 10.0 Å². The van der Waals surface area contributed by atoms with E-state index in [0.717, 1.165) is 56.4 Å². The summed E-state index contributed by atoms with van der Waals surface area (Å²) in [5.74, 6) is 1.17. The molecule has 31 heavy (non-hydrogen) atoms. The number of benzene rings is 1. The average molecular weight is 449 g/mol.